The van der Waals surface area contributed by atoms with Crippen LogP contribution in [0.1, 0.15) is 17.5 Å². The van der Waals surface area contributed by atoms with Crippen LogP contribution in [-0.2, 0) is 16.0 Å². The lowest BCUT2D eigenvalue weighted by Gasteiger charge is -2.23. The average Bonchev–Trinajstić information content (AvgIpc) is 3.17. The Morgan fingerprint density at radius 2 is 1.87 bits per heavy atom. The largest absolute Gasteiger partial charge is 0.493 e. The Morgan fingerprint density at radius 3 is 2.52 bits per heavy atom. The number of carboxylic acids is 2. The lowest BCUT2D eigenvalue weighted by atomic mass is 9.81. The fourth-order valence-electron chi connectivity index (χ4n) is 4.03. The molecule has 164 valence electrons. The average molecular weight is 425 g/mol. The molecule has 0 bridgehead atoms. The van der Waals surface area contributed by atoms with Crippen molar-refractivity contribution < 1.29 is 29.3 Å². The van der Waals surface area contributed by atoms with Crippen molar-refractivity contribution in [2.75, 3.05) is 20.3 Å². The molecule has 0 aliphatic carbocycles. The van der Waals surface area contributed by atoms with Gasteiger partial charge in [-0.2, -0.15) is 0 Å². The van der Waals surface area contributed by atoms with E-state index in [1.807, 2.05) is 36.4 Å². The summed E-state index contributed by atoms with van der Waals surface area (Å²) in [5.41, 5.74) is 2.62. The van der Waals surface area contributed by atoms with Crippen LogP contribution in [0.5, 0.6) is 11.5 Å². The molecule has 1 saturated heterocycles. The van der Waals surface area contributed by atoms with Gasteiger partial charge in [-0.1, -0.05) is 43.0 Å². The van der Waals surface area contributed by atoms with E-state index >= 15 is 0 Å². The Morgan fingerprint density at radius 1 is 1.13 bits per heavy atom. The van der Waals surface area contributed by atoms with Gasteiger partial charge >= 0.3 is 11.9 Å². The number of nitrogens with one attached hydrogen (secondary N) is 1. The number of benzene rings is 2. The molecule has 3 N–H and O–H groups in total. The molecular weight excluding hydrogens is 398 g/mol. The minimum atomic E-state index is -1.05. The standard InChI is InChI=1S/C24H27NO6/c1-15(19-14-25-23(24(28)29)18(19)13-22(26)27)17-8-9-20(21(12-17)30-2)31-11-10-16-6-4-3-5-7-16/h3-9,12,18-19,23,25H,1,10-11,13-14H2,2H3,(H,26,27)(H,28,29)/t18-,19+,23-/m0/s1. The van der Waals surface area contributed by atoms with Gasteiger partial charge in [-0.3, -0.25) is 9.59 Å². The van der Waals surface area contributed by atoms with E-state index in [1.54, 1.807) is 19.2 Å². The highest BCUT2D eigenvalue weighted by Crippen LogP contribution is 2.38. The van der Waals surface area contributed by atoms with Crippen molar-refractivity contribution in [3.05, 3.63) is 66.2 Å². The Kier molecular flexibility index (Phi) is 7.31. The van der Waals surface area contributed by atoms with Gasteiger partial charge in [0.1, 0.15) is 6.04 Å². The number of ether oxygens (including phenoxy) is 2. The second-order valence-corrected chi connectivity index (χ2v) is 7.57. The maximum Gasteiger partial charge on any atom is 0.321 e. The van der Waals surface area contributed by atoms with E-state index in [1.165, 1.54) is 5.56 Å². The fraction of sp³-hybridized carbons (Fsp3) is 0.333. The third-order valence-electron chi connectivity index (χ3n) is 5.65. The van der Waals surface area contributed by atoms with Crippen LogP contribution >= 0.6 is 0 Å². The molecule has 1 aliphatic rings. The number of rotatable bonds is 10. The van der Waals surface area contributed by atoms with E-state index < -0.39 is 23.9 Å². The third kappa shape index (κ3) is 5.44. The minimum Gasteiger partial charge on any atom is -0.493 e. The van der Waals surface area contributed by atoms with E-state index in [2.05, 4.69) is 11.9 Å². The number of methoxy groups -OCH3 is 1. The first-order chi connectivity index (χ1) is 14.9. The van der Waals surface area contributed by atoms with Crippen LogP contribution in [0.3, 0.4) is 0 Å². The predicted molar refractivity (Wildman–Crippen MR) is 116 cm³/mol. The van der Waals surface area contributed by atoms with Gasteiger partial charge < -0.3 is 25.0 Å². The van der Waals surface area contributed by atoms with Crippen LogP contribution in [0.2, 0.25) is 0 Å². The summed E-state index contributed by atoms with van der Waals surface area (Å²) in [4.78, 5) is 22.8. The zero-order valence-electron chi connectivity index (χ0n) is 17.4. The maximum atomic E-state index is 11.5. The first-order valence-corrected chi connectivity index (χ1v) is 10.1. The highest BCUT2D eigenvalue weighted by molar-refractivity contribution is 5.79. The van der Waals surface area contributed by atoms with E-state index in [-0.39, 0.29) is 12.3 Å². The van der Waals surface area contributed by atoms with Crippen LogP contribution in [0, 0.1) is 11.8 Å². The number of aliphatic carboxylic acids is 2. The molecule has 1 fully saturated rings. The maximum absolute atomic E-state index is 11.5. The van der Waals surface area contributed by atoms with Crippen molar-refractivity contribution in [2.24, 2.45) is 11.8 Å². The minimum absolute atomic E-state index is 0.245. The summed E-state index contributed by atoms with van der Waals surface area (Å²) < 4.78 is 11.4. The van der Waals surface area contributed by atoms with Crippen molar-refractivity contribution in [3.8, 4) is 11.5 Å². The lowest BCUT2D eigenvalue weighted by molar-refractivity contribution is -0.142. The molecule has 31 heavy (non-hydrogen) atoms. The molecule has 3 atom stereocenters. The fourth-order valence-corrected chi connectivity index (χ4v) is 4.03. The molecule has 0 amide bonds. The predicted octanol–water partition coefficient (Wildman–Crippen LogP) is 3.09. The Hall–Kier alpha value is -3.32. The van der Waals surface area contributed by atoms with Gasteiger partial charge in [0, 0.05) is 24.8 Å². The van der Waals surface area contributed by atoms with Crippen molar-refractivity contribution in [3.63, 3.8) is 0 Å². The third-order valence-corrected chi connectivity index (χ3v) is 5.65. The van der Waals surface area contributed by atoms with Gasteiger partial charge in [0.05, 0.1) is 20.1 Å². The molecule has 0 unspecified atom stereocenters. The molecule has 2 aromatic carbocycles. The number of hydrogen-bond donors (Lipinski definition) is 3. The summed E-state index contributed by atoms with van der Waals surface area (Å²) in [6, 6.07) is 14.6. The zero-order valence-corrected chi connectivity index (χ0v) is 17.4. The van der Waals surface area contributed by atoms with Crippen LogP contribution in [0.15, 0.2) is 55.1 Å². The van der Waals surface area contributed by atoms with Crippen molar-refractivity contribution >= 4 is 17.5 Å². The van der Waals surface area contributed by atoms with Gasteiger partial charge in [0.2, 0.25) is 0 Å². The molecule has 1 heterocycles. The second kappa shape index (κ2) is 10.1. The summed E-state index contributed by atoms with van der Waals surface area (Å²) in [5.74, 6) is -1.84. The van der Waals surface area contributed by atoms with Crippen LogP contribution in [0.4, 0.5) is 0 Å². The summed E-state index contributed by atoms with van der Waals surface area (Å²) in [5, 5.41) is 21.6. The molecule has 0 aromatic heterocycles. The van der Waals surface area contributed by atoms with Gasteiger partial charge in [-0.15, -0.1) is 0 Å². The molecule has 3 rings (SSSR count). The summed E-state index contributed by atoms with van der Waals surface area (Å²) in [6.45, 7) is 4.99. The Labute approximate surface area is 181 Å². The molecule has 7 heteroatoms. The monoisotopic (exact) mass is 425 g/mol. The molecule has 0 saturated carbocycles. The van der Waals surface area contributed by atoms with Crippen molar-refractivity contribution in [1.82, 2.24) is 5.32 Å². The smallest absolute Gasteiger partial charge is 0.321 e. The number of hydrogen-bond acceptors (Lipinski definition) is 5. The van der Waals surface area contributed by atoms with Crippen molar-refractivity contribution in [2.45, 2.75) is 18.9 Å². The summed E-state index contributed by atoms with van der Waals surface area (Å²) >= 11 is 0. The van der Waals surface area contributed by atoms with E-state index in [9.17, 15) is 19.8 Å². The lowest BCUT2D eigenvalue weighted by Crippen LogP contribution is -2.36. The van der Waals surface area contributed by atoms with Crippen LogP contribution in [-0.4, -0.2) is 48.5 Å². The highest BCUT2D eigenvalue weighted by atomic mass is 16.5. The van der Waals surface area contributed by atoms with Crippen molar-refractivity contribution in [1.29, 1.82) is 0 Å². The highest BCUT2D eigenvalue weighted by Gasteiger charge is 2.42. The molecule has 7 nitrogen and oxygen atoms in total. The van der Waals surface area contributed by atoms with Crippen LogP contribution in [0.25, 0.3) is 5.57 Å². The summed E-state index contributed by atoms with van der Waals surface area (Å²) in [6.07, 6.45) is 0.519. The normalized spacial score (nSPS) is 20.2. The van der Waals surface area contributed by atoms with E-state index in [0.29, 0.717) is 30.2 Å². The first kappa shape index (κ1) is 22.4. The van der Waals surface area contributed by atoms with Gasteiger partial charge in [0.25, 0.3) is 0 Å². The van der Waals surface area contributed by atoms with Gasteiger partial charge in [-0.25, -0.2) is 0 Å². The second-order valence-electron chi connectivity index (χ2n) is 7.57. The Bertz CT molecular complexity index is 942. The van der Waals surface area contributed by atoms with E-state index in [4.69, 9.17) is 9.47 Å². The zero-order chi connectivity index (χ0) is 22.4. The molecule has 2 aromatic rings. The number of carbonyl (C=O) groups is 2. The van der Waals surface area contributed by atoms with E-state index in [0.717, 1.165) is 12.0 Å². The van der Waals surface area contributed by atoms with Crippen LogP contribution < -0.4 is 14.8 Å². The molecule has 0 spiro atoms. The van der Waals surface area contributed by atoms with Gasteiger partial charge in [0.15, 0.2) is 11.5 Å². The first-order valence-electron chi connectivity index (χ1n) is 10.1. The quantitative estimate of drug-likeness (QED) is 0.537. The number of carboxylic acid groups (broad SMARTS) is 2. The molecule has 1 aliphatic heterocycles. The SMILES string of the molecule is C=C(c1ccc(OCCc2ccccc2)c(OC)c1)[C@H]1CN[C@H](C(=O)O)[C@H]1CC(=O)O. The molecule has 0 radical (unpaired) electrons. The molecular formula is C24H27NO6. The van der Waals surface area contributed by atoms with Gasteiger partial charge in [-0.05, 0) is 28.8 Å². The topological polar surface area (TPSA) is 105 Å². The Balaban J connectivity index is 1.72. The summed E-state index contributed by atoms with van der Waals surface area (Å²) in [7, 11) is 1.55.